The molecule has 0 spiro atoms. The van der Waals surface area contributed by atoms with Gasteiger partial charge in [0.25, 0.3) is 5.91 Å². The summed E-state index contributed by atoms with van der Waals surface area (Å²) in [5.74, 6) is 0.0456. The van der Waals surface area contributed by atoms with E-state index in [1.54, 1.807) is 36.4 Å². The second-order valence-electron chi connectivity index (χ2n) is 4.18. The SMILES string of the molecule is COc1ccc(Br)cc1C(=O)N/N=C\c1c(Cl)cccc1Cl. The number of ether oxygens (including phenoxy) is 1. The molecule has 0 radical (unpaired) electrons. The minimum Gasteiger partial charge on any atom is -0.496 e. The van der Waals surface area contributed by atoms with Gasteiger partial charge in [-0.2, -0.15) is 5.10 Å². The van der Waals surface area contributed by atoms with Crippen LogP contribution in [0.2, 0.25) is 10.0 Å². The molecule has 0 saturated heterocycles. The number of rotatable bonds is 4. The zero-order valence-electron chi connectivity index (χ0n) is 11.4. The Bertz CT molecular complexity index is 715. The number of hydrogen-bond donors (Lipinski definition) is 1. The number of hydrazone groups is 1. The molecule has 22 heavy (non-hydrogen) atoms. The third-order valence-corrected chi connectivity index (χ3v) is 3.92. The van der Waals surface area contributed by atoms with Crippen LogP contribution in [0.15, 0.2) is 46.0 Å². The number of nitrogens with zero attached hydrogens (tertiary/aromatic N) is 1. The fourth-order valence-corrected chi connectivity index (χ4v) is 2.56. The number of benzene rings is 2. The van der Waals surface area contributed by atoms with Crippen LogP contribution >= 0.6 is 39.1 Å². The van der Waals surface area contributed by atoms with E-state index >= 15 is 0 Å². The van der Waals surface area contributed by atoms with Gasteiger partial charge in [0.15, 0.2) is 0 Å². The van der Waals surface area contributed by atoms with Crippen molar-refractivity contribution in [2.45, 2.75) is 0 Å². The van der Waals surface area contributed by atoms with Crippen LogP contribution in [0, 0.1) is 0 Å². The molecule has 0 aliphatic rings. The number of carbonyl (C=O) groups is 1. The van der Waals surface area contributed by atoms with Crippen molar-refractivity contribution in [3.8, 4) is 5.75 Å². The van der Waals surface area contributed by atoms with Gasteiger partial charge in [0, 0.05) is 10.0 Å². The van der Waals surface area contributed by atoms with Gasteiger partial charge in [-0.1, -0.05) is 45.2 Å². The number of halogens is 3. The van der Waals surface area contributed by atoms with E-state index in [4.69, 9.17) is 27.9 Å². The van der Waals surface area contributed by atoms with Crippen molar-refractivity contribution < 1.29 is 9.53 Å². The third-order valence-electron chi connectivity index (χ3n) is 2.77. The predicted molar refractivity (Wildman–Crippen MR) is 92.2 cm³/mol. The average Bonchev–Trinajstić information content (AvgIpc) is 2.50. The van der Waals surface area contributed by atoms with Gasteiger partial charge in [0.05, 0.1) is 28.9 Å². The van der Waals surface area contributed by atoms with Crippen LogP contribution < -0.4 is 10.2 Å². The lowest BCUT2D eigenvalue weighted by molar-refractivity contribution is 0.0952. The Morgan fingerprint density at radius 3 is 2.59 bits per heavy atom. The molecule has 0 unspecified atom stereocenters. The number of amides is 1. The van der Waals surface area contributed by atoms with Crippen molar-refractivity contribution in [3.05, 3.63) is 62.0 Å². The van der Waals surface area contributed by atoms with Gasteiger partial charge < -0.3 is 4.74 Å². The van der Waals surface area contributed by atoms with Crippen LogP contribution in [0.25, 0.3) is 0 Å². The monoisotopic (exact) mass is 400 g/mol. The first kappa shape index (κ1) is 16.8. The molecule has 0 aromatic heterocycles. The molecular formula is C15H11BrCl2N2O2. The highest BCUT2D eigenvalue weighted by atomic mass is 79.9. The average molecular weight is 402 g/mol. The van der Waals surface area contributed by atoms with Gasteiger partial charge in [-0.3, -0.25) is 4.79 Å². The van der Waals surface area contributed by atoms with Crippen molar-refractivity contribution >= 4 is 51.3 Å². The molecule has 7 heteroatoms. The summed E-state index contributed by atoms with van der Waals surface area (Å²) in [7, 11) is 1.49. The summed E-state index contributed by atoms with van der Waals surface area (Å²) >= 11 is 15.3. The normalized spacial score (nSPS) is 10.7. The Labute approximate surface area is 146 Å². The molecule has 2 rings (SSSR count). The van der Waals surface area contributed by atoms with Gasteiger partial charge in [-0.25, -0.2) is 5.43 Å². The lowest BCUT2D eigenvalue weighted by atomic mass is 10.2. The summed E-state index contributed by atoms with van der Waals surface area (Å²) in [5, 5.41) is 4.78. The first-order valence-corrected chi connectivity index (χ1v) is 7.68. The molecule has 0 bridgehead atoms. The molecule has 2 aromatic carbocycles. The van der Waals surface area contributed by atoms with E-state index in [1.165, 1.54) is 13.3 Å². The van der Waals surface area contributed by atoms with E-state index in [1.807, 2.05) is 0 Å². The second-order valence-corrected chi connectivity index (χ2v) is 5.91. The quantitative estimate of drug-likeness (QED) is 0.604. The van der Waals surface area contributed by atoms with Gasteiger partial charge >= 0.3 is 0 Å². The van der Waals surface area contributed by atoms with E-state index in [0.29, 0.717) is 26.9 Å². The van der Waals surface area contributed by atoms with E-state index in [2.05, 4.69) is 26.5 Å². The second kappa shape index (κ2) is 7.63. The molecule has 0 aliphatic carbocycles. The molecule has 0 saturated carbocycles. The fraction of sp³-hybridized carbons (Fsp3) is 0.0667. The standard InChI is InChI=1S/C15H11BrCl2N2O2/c1-22-14-6-5-9(16)7-10(14)15(21)20-19-8-11-12(17)3-2-4-13(11)18/h2-8H,1H3,(H,20,21)/b19-8-. The van der Waals surface area contributed by atoms with Gasteiger partial charge in [-0.15, -0.1) is 0 Å². The Balaban J connectivity index is 2.17. The zero-order chi connectivity index (χ0) is 16.1. The van der Waals surface area contributed by atoms with Crippen LogP contribution in [0.3, 0.4) is 0 Å². The maximum atomic E-state index is 12.1. The van der Waals surface area contributed by atoms with Crippen LogP contribution in [0.5, 0.6) is 5.75 Å². The molecule has 0 aliphatic heterocycles. The summed E-state index contributed by atoms with van der Waals surface area (Å²) in [6.07, 6.45) is 1.40. The lowest BCUT2D eigenvalue weighted by Crippen LogP contribution is -2.18. The van der Waals surface area contributed by atoms with Crippen molar-refractivity contribution in [2.24, 2.45) is 5.10 Å². The lowest BCUT2D eigenvalue weighted by Gasteiger charge is -2.07. The number of carbonyl (C=O) groups excluding carboxylic acids is 1. The highest BCUT2D eigenvalue weighted by Crippen LogP contribution is 2.23. The van der Waals surface area contributed by atoms with E-state index < -0.39 is 5.91 Å². The molecule has 1 N–H and O–H groups in total. The largest absolute Gasteiger partial charge is 0.496 e. The van der Waals surface area contributed by atoms with Gasteiger partial charge in [-0.05, 0) is 30.3 Å². The smallest absolute Gasteiger partial charge is 0.275 e. The van der Waals surface area contributed by atoms with Crippen molar-refractivity contribution in [2.75, 3.05) is 7.11 Å². The van der Waals surface area contributed by atoms with Crippen molar-refractivity contribution in [1.29, 1.82) is 0 Å². The minimum absolute atomic E-state index is 0.360. The van der Waals surface area contributed by atoms with Gasteiger partial charge in [0.2, 0.25) is 0 Å². The molecule has 0 atom stereocenters. The van der Waals surface area contributed by atoms with Crippen LogP contribution in [0.4, 0.5) is 0 Å². The van der Waals surface area contributed by atoms with Crippen LogP contribution in [0.1, 0.15) is 15.9 Å². The van der Waals surface area contributed by atoms with Crippen LogP contribution in [-0.4, -0.2) is 19.2 Å². The third kappa shape index (κ3) is 4.00. The maximum absolute atomic E-state index is 12.1. The molecule has 1 amide bonds. The minimum atomic E-state index is -0.405. The summed E-state index contributed by atoms with van der Waals surface area (Å²) in [4.78, 5) is 12.1. The Morgan fingerprint density at radius 2 is 1.95 bits per heavy atom. The molecule has 114 valence electrons. The Kier molecular flexibility index (Phi) is 5.83. The molecule has 2 aromatic rings. The Morgan fingerprint density at radius 1 is 1.27 bits per heavy atom. The summed E-state index contributed by atoms with van der Waals surface area (Å²) in [6, 6.07) is 10.2. The first-order valence-electron chi connectivity index (χ1n) is 6.14. The number of nitrogens with one attached hydrogen (secondary N) is 1. The van der Waals surface area contributed by atoms with E-state index in [0.717, 1.165) is 4.47 Å². The Hall–Kier alpha value is -1.56. The fourth-order valence-electron chi connectivity index (χ4n) is 1.71. The number of methoxy groups -OCH3 is 1. The van der Waals surface area contributed by atoms with Crippen molar-refractivity contribution in [1.82, 2.24) is 5.43 Å². The topological polar surface area (TPSA) is 50.7 Å². The number of hydrogen-bond acceptors (Lipinski definition) is 3. The maximum Gasteiger partial charge on any atom is 0.275 e. The summed E-state index contributed by atoms with van der Waals surface area (Å²) in [5.41, 5.74) is 3.31. The molecule has 0 heterocycles. The summed E-state index contributed by atoms with van der Waals surface area (Å²) in [6.45, 7) is 0. The molecule has 0 fully saturated rings. The highest BCUT2D eigenvalue weighted by molar-refractivity contribution is 9.10. The van der Waals surface area contributed by atoms with Crippen LogP contribution in [-0.2, 0) is 0 Å². The van der Waals surface area contributed by atoms with E-state index in [9.17, 15) is 4.79 Å². The highest BCUT2D eigenvalue weighted by Gasteiger charge is 2.12. The summed E-state index contributed by atoms with van der Waals surface area (Å²) < 4.78 is 5.91. The first-order chi connectivity index (χ1) is 10.5. The van der Waals surface area contributed by atoms with Crippen molar-refractivity contribution in [3.63, 3.8) is 0 Å². The van der Waals surface area contributed by atoms with E-state index in [-0.39, 0.29) is 0 Å². The predicted octanol–water partition coefficient (Wildman–Crippen LogP) is 4.53. The molecule has 4 nitrogen and oxygen atoms in total. The molecular weight excluding hydrogens is 391 g/mol. The van der Waals surface area contributed by atoms with Gasteiger partial charge in [0.1, 0.15) is 5.75 Å². The zero-order valence-corrected chi connectivity index (χ0v) is 14.5.